The normalized spacial score (nSPS) is 15.0. The third-order valence-electron chi connectivity index (χ3n) is 4.49. The second kappa shape index (κ2) is 8.37. The Bertz CT molecular complexity index is 1310. The van der Waals surface area contributed by atoms with Gasteiger partial charge in [-0.05, 0) is 66.6 Å². The van der Waals surface area contributed by atoms with Crippen LogP contribution in [0.3, 0.4) is 0 Å². The lowest BCUT2D eigenvalue weighted by atomic mass is 10.1. The van der Waals surface area contributed by atoms with E-state index in [4.69, 9.17) is 20.5 Å². The van der Waals surface area contributed by atoms with Crippen molar-refractivity contribution in [3.8, 4) is 5.75 Å². The van der Waals surface area contributed by atoms with E-state index in [1.54, 1.807) is 18.2 Å². The minimum absolute atomic E-state index is 0.00475. The molecule has 31 heavy (non-hydrogen) atoms. The van der Waals surface area contributed by atoms with Gasteiger partial charge in [0, 0.05) is 10.6 Å². The lowest BCUT2D eigenvalue weighted by molar-refractivity contribution is -0.129. The summed E-state index contributed by atoms with van der Waals surface area (Å²) in [7, 11) is -3.99. The Balaban J connectivity index is 1.53. The molecule has 0 fully saturated rings. The lowest BCUT2D eigenvalue weighted by Crippen LogP contribution is -2.09. The summed E-state index contributed by atoms with van der Waals surface area (Å²) in [6.07, 6.45) is 1.56. The number of hydrogen-bond acceptors (Lipinski definition) is 6. The molecule has 3 aromatic carbocycles. The number of benzene rings is 3. The molecule has 8 heteroatoms. The molecule has 0 saturated heterocycles. The van der Waals surface area contributed by atoms with E-state index >= 15 is 0 Å². The van der Waals surface area contributed by atoms with E-state index in [9.17, 15) is 13.2 Å². The summed E-state index contributed by atoms with van der Waals surface area (Å²) in [5.74, 6) is -0.164. The summed E-state index contributed by atoms with van der Waals surface area (Å²) < 4.78 is 35.2. The summed E-state index contributed by atoms with van der Waals surface area (Å²) in [5.41, 5.74) is 2.48. The second-order valence-electron chi connectivity index (χ2n) is 6.71. The molecule has 0 atom stereocenters. The van der Waals surface area contributed by atoms with Gasteiger partial charge in [-0.2, -0.15) is 8.42 Å². The van der Waals surface area contributed by atoms with Crippen molar-refractivity contribution in [3.63, 3.8) is 0 Å². The van der Waals surface area contributed by atoms with Crippen LogP contribution < -0.4 is 4.18 Å². The predicted molar refractivity (Wildman–Crippen MR) is 117 cm³/mol. The van der Waals surface area contributed by atoms with Crippen molar-refractivity contribution < 1.29 is 22.1 Å². The lowest BCUT2D eigenvalue weighted by Gasteiger charge is -2.07. The average Bonchev–Trinajstić information content (AvgIpc) is 3.10. The van der Waals surface area contributed by atoms with Crippen LogP contribution in [0.1, 0.15) is 16.7 Å². The first-order valence-electron chi connectivity index (χ1n) is 9.20. The van der Waals surface area contributed by atoms with Gasteiger partial charge in [-0.3, -0.25) is 0 Å². The van der Waals surface area contributed by atoms with Crippen LogP contribution in [-0.4, -0.2) is 20.3 Å². The number of nitrogens with zero attached hydrogens (tertiary/aromatic N) is 1. The Hall–Kier alpha value is -3.42. The van der Waals surface area contributed by atoms with Crippen LogP contribution in [0.5, 0.6) is 5.75 Å². The Morgan fingerprint density at radius 1 is 0.968 bits per heavy atom. The zero-order valence-corrected chi connectivity index (χ0v) is 17.9. The van der Waals surface area contributed by atoms with Crippen LogP contribution in [0.25, 0.3) is 6.08 Å². The van der Waals surface area contributed by atoms with Gasteiger partial charge in [-0.25, -0.2) is 9.79 Å². The fourth-order valence-electron chi connectivity index (χ4n) is 2.89. The highest BCUT2D eigenvalue weighted by atomic mass is 35.5. The summed E-state index contributed by atoms with van der Waals surface area (Å²) in [4.78, 5) is 16.5. The Labute approximate surface area is 184 Å². The standard InChI is InChI=1S/C23H16ClNO5S/c1-15-4-2-3-5-20(15)22-25-21(23(26)29-22)14-16-6-10-18(11-7-16)30-31(27,28)19-12-8-17(24)9-13-19/h2-14H,1H3/b21-14-. The number of hydrogen-bond donors (Lipinski definition) is 0. The molecule has 3 aromatic rings. The number of ether oxygens (including phenoxy) is 1. The van der Waals surface area contributed by atoms with Gasteiger partial charge in [0.25, 0.3) is 0 Å². The maximum atomic E-state index is 12.4. The molecule has 1 heterocycles. The highest BCUT2D eigenvalue weighted by molar-refractivity contribution is 7.87. The van der Waals surface area contributed by atoms with Crippen LogP contribution in [0.4, 0.5) is 0 Å². The van der Waals surface area contributed by atoms with E-state index < -0.39 is 16.1 Å². The van der Waals surface area contributed by atoms with Crippen molar-refractivity contribution in [1.29, 1.82) is 0 Å². The highest BCUT2D eigenvalue weighted by Crippen LogP contribution is 2.24. The monoisotopic (exact) mass is 453 g/mol. The Kier molecular flexibility index (Phi) is 5.63. The topological polar surface area (TPSA) is 82.0 Å². The minimum Gasteiger partial charge on any atom is -0.402 e. The largest absolute Gasteiger partial charge is 0.402 e. The molecule has 0 amide bonds. The van der Waals surface area contributed by atoms with Gasteiger partial charge in [0.05, 0.1) is 0 Å². The van der Waals surface area contributed by atoms with Gasteiger partial charge in [0.15, 0.2) is 5.70 Å². The van der Waals surface area contributed by atoms with E-state index in [2.05, 4.69) is 4.99 Å². The molecule has 6 nitrogen and oxygen atoms in total. The maximum Gasteiger partial charge on any atom is 0.363 e. The molecule has 0 aromatic heterocycles. The first-order valence-corrected chi connectivity index (χ1v) is 11.0. The molecule has 0 aliphatic carbocycles. The van der Waals surface area contributed by atoms with E-state index in [1.165, 1.54) is 36.4 Å². The van der Waals surface area contributed by atoms with Crippen LogP contribution in [0, 0.1) is 6.92 Å². The summed E-state index contributed by atoms with van der Waals surface area (Å²) in [6.45, 7) is 1.91. The molecule has 0 N–H and O–H groups in total. The minimum atomic E-state index is -3.99. The number of esters is 1. The molecule has 0 spiro atoms. The van der Waals surface area contributed by atoms with Crippen molar-refractivity contribution in [2.24, 2.45) is 4.99 Å². The quantitative estimate of drug-likeness (QED) is 0.316. The fraction of sp³-hybridized carbons (Fsp3) is 0.0435. The number of cyclic esters (lactones) is 1. The summed E-state index contributed by atoms with van der Waals surface area (Å²) >= 11 is 5.79. The van der Waals surface area contributed by atoms with Gasteiger partial charge in [0.1, 0.15) is 10.6 Å². The first kappa shape index (κ1) is 20.8. The molecule has 0 saturated carbocycles. The molecular formula is C23H16ClNO5S. The van der Waals surface area contributed by atoms with E-state index in [-0.39, 0.29) is 22.2 Å². The van der Waals surface area contributed by atoms with Crippen molar-refractivity contribution in [1.82, 2.24) is 0 Å². The number of halogens is 1. The van der Waals surface area contributed by atoms with Crippen LogP contribution in [0.15, 0.2) is 88.4 Å². The molecular weight excluding hydrogens is 438 g/mol. The third-order valence-corrected chi connectivity index (χ3v) is 6.00. The second-order valence-corrected chi connectivity index (χ2v) is 8.69. The molecule has 4 rings (SSSR count). The van der Waals surface area contributed by atoms with E-state index in [1.807, 2.05) is 31.2 Å². The van der Waals surface area contributed by atoms with Crippen LogP contribution >= 0.6 is 11.6 Å². The number of aryl methyl sites for hydroxylation is 1. The summed E-state index contributed by atoms with van der Waals surface area (Å²) in [6, 6.07) is 19.4. The maximum absolute atomic E-state index is 12.4. The zero-order chi connectivity index (χ0) is 22.0. The molecule has 1 aliphatic heterocycles. The van der Waals surface area contributed by atoms with E-state index in [0.717, 1.165) is 11.1 Å². The van der Waals surface area contributed by atoms with Gasteiger partial charge in [0.2, 0.25) is 5.90 Å². The van der Waals surface area contributed by atoms with Gasteiger partial charge < -0.3 is 8.92 Å². The Morgan fingerprint density at radius 2 is 1.65 bits per heavy atom. The van der Waals surface area contributed by atoms with Crippen molar-refractivity contribution >= 4 is 39.7 Å². The van der Waals surface area contributed by atoms with Crippen LogP contribution in [0.2, 0.25) is 5.02 Å². The number of carbonyl (C=O) groups is 1. The highest BCUT2D eigenvalue weighted by Gasteiger charge is 2.25. The molecule has 0 radical (unpaired) electrons. The average molecular weight is 454 g/mol. The van der Waals surface area contributed by atoms with E-state index in [0.29, 0.717) is 10.6 Å². The molecule has 0 bridgehead atoms. The number of rotatable bonds is 5. The third kappa shape index (κ3) is 4.68. The summed E-state index contributed by atoms with van der Waals surface area (Å²) in [5, 5.41) is 0.426. The number of carbonyl (C=O) groups excluding carboxylic acids is 1. The molecule has 1 aliphatic rings. The smallest absolute Gasteiger partial charge is 0.363 e. The SMILES string of the molecule is Cc1ccccc1C1=N/C(=C\c2ccc(OS(=O)(=O)c3ccc(Cl)cc3)cc2)C(=O)O1. The van der Waals surface area contributed by atoms with Crippen molar-refractivity contribution in [3.05, 3.63) is 100 Å². The predicted octanol–water partition coefficient (Wildman–Crippen LogP) is 4.76. The zero-order valence-electron chi connectivity index (χ0n) is 16.3. The Morgan fingerprint density at radius 3 is 2.32 bits per heavy atom. The molecule has 0 unspecified atom stereocenters. The van der Waals surface area contributed by atoms with Gasteiger partial charge in [-0.15, -0.1) is 0 Å². The van der Waals surface area contributed by atoms with Gasteiger partial charge >= 0.3 is 16.1 Å². The van der Waals surface area contributed by atoms with Crippen molar-refractivity contribution in [2.75, 3.05) is 0 Å². The van der Waals surface area contributed by atoms with Crippen molar-refractivity contribution in [2.45, 2.75) is 11.8 Å². The number of aliphatic imine (C=N–C) groups is 1. The first-order chi connectivity index (χ1) is 14.8. The molecule has 156 valence electrons. The van der Waals surface area contributed by atoms with Crippen LogP contribution in [-0.2, 0) is 19.6 Å². The fourth-order valence-corrected chi connectivity index (χ4v) is 3.95. The van der Waals surface area contributed by atoms with Gasteiger partial charge in [-0.1, -0.05) is 41.9 Å².